The Balaban J connectivity index is 1.86. The first-order valence-electron chi connectivity index (χ1n) is 8.95. The Morgan fingerprint density at radius 2 is 1.71 bits per heavy atom. The molecular weight excluding hydrogens is 380 g/mol. The van der Waals surface area contributed by atoms with E-state index in [1.165, 1.54) is 4.90 Å². The molecule has 150 valence electrons. The predicted molar refractivity (Wildman–Crippen MR) is 107 cm³/mol. The molecule has 8 heteroatoms. The number of sulfonamides is 1. The number of carbonyl (C=O) groups excluding carboxylic acids is 1. The topological polar surface area (TPSA) is 76.2 Å². The van der Waals surface area contributed by atoms with Gasteiger partial charge in [0, 0.05) is 19.7 Å². The van der Waals surface area contributed by atoms with Gasteiger partial charge in [-0.15, -0.1) is 0 Å². The molecule has 1 aliphatic heterocycles. The molecule has 2 aromatic rings. The van der Waals surface area contributed by atoms with Crippen LogP contribution in [0.15, 0.2) is 48.5 Å². The average Bonchev–Trinajstić information content (AvgIpc) is 2.67. The van der Waals surface area contributed by atoms with E-state index in [1.54, 1.807) is 32.2 Å². The zero-order valence-electron chi connectivity index (χ0n) is 16.2. The summed E-state index contributed by atoms with van der Waals surface area (Å²) >= 11 is 0. The van der Waals surface area contributed by atoms with Gasteiger partial charge in [-0.1, -0.05) is 30.3 Å². The summed E-state index contributed by atoms with van der Waals surface area (Å²) in [4.78, 5) is 14.5. The minimum Gasteiger partial charge on any atom is -0.486 e. The van der Waals surface area contributed by atoms with E-state index in [-0.39, 0.29) is 5.91 Å². The SMILES string of the molecule is C[C@@H](C(=O)N(C)Cc1ccccc1)N(c1ccc2c(c1)OCCO2)S(C)(=O)=O. The number of rotatable bonds is 6. The summed E-state index contributed by atoms with van der Waals surface area (Å²) in [5, 5.41) is 0. The van der Waals surface area contributed by atoms with Crippen molar-refractivity contribution in [3.8, 4) is 11.5 Å². The fraction of sp³-hybridized carbons (Fsp3) is 0.350. The Labute approximate surface area is 165 Å². The molecule has 1 atom stereocenters. The molecule has 0 radical (unpaired) electrons. The van der Waals surface area contributed by atoms with Crippen molar-refractivity contribution in [2.24, 2.45) is 0 Å². The highest BCUT2D eigenvalue weighted by Crippen LogP contribution is 2.35. The van der Waals surface area contributed by atoms with Gasteiger partial charge in [0.1, 0.15) is 19.3 Å². The molecule has 28 heavy (non-hydrogen) atoms. The van der Waals surface area contributed by atoms with E-state index in [0.717, 1.165) is 16.1 Å². The highest BCUT2D eigenvalue weighted by Gasteiger charge is 2.32. The normalized spacial score (nSPS) is 14.2. The van der Waals surface area contributed by atoms with Crippen LogP contribution < -0.4 is 13.8 Å². The van der Waals surface area contributed by atoms with Crippen LogP contribution in [0.5, 0.6) is 11.5 Å². The van der Waals surface area contributed by atoms with Crippen LogP contribution in [0.1, 0.15) is 12.5 Å². The molecule has 0 spiro atoms. The van der Waals surface area contributed by atoms with Crippen LogP contribution in [-0.4, -0.2) is 51.8 Å². The van der Waals surface area contributed by atoms with Crippen LogP contribution in [0.4, 0.5) is 5.69 Å². The minimum atomic E-state index is -3.71. The van der Waals surface area contributed by atoms with E-state index in [1.807, 2.05) is 30.3 Å². The highest BCUT2D eigenvalue weighted by atomic mass is 32.2. The number of ether oxygens (including phenoxy) is 2. The van der Waals surface area contributed by atoms with Crippen molar-refractivity contribution < 1.29 is 22.7 Å². The first-order chi connectivity index (χ1) is 13.3. The minimum absolute atomic E-state index is 0.302. The van der Waals surface area contributed by atoms with Gasteiger partial charge in [0.05, 0.1) is 11.9 Å². The lowest BCUT2D eigenvalue weighted by atomic mass is 10.2. The monoisotopic (exact) mass is 404 g/mol. The zero-order chi connectivity index (χ0) is 20.3. The van der Waals surface area contributed by atoms with Crippen LogP contribution >= 0.6 is 0 Å². The molecule has 0 aliphatic carbocycles. The third kappa shape index (κ3) is 4.39. The van der Waals surface area contributed by atoms with Crippen molar-refractivity contribution in [1.82, 2.24) is 4.90 Å². The maximum atomic E-state index is 13.0. The summed E-state index contributed by atoms with van der Waals surface area (Å²) in [6.07, 6.45) is 1.09. The van der Waals surface area contributed by atoms with Crippen LogP contribution in [0.25, 0.3) is 0 Å². The Hall–Kier alpha value is -2.74. The molecule has 2 aromatic carbocycles. The number of anilines is 1. The maximum absolute atomic E-state index is 13.0. The average molecular weight is 404 g/mol. The lowest BCUT2D eigenvalue weighted by Crippen LogP contribution is -2.48. The lowest BCUT2D eigenvalue weighted by molar-refractivity contribution is -0.131. The highest BCUT2D eigenvalue weighted by molar-refractivity contribution is 7.92. The number of amides is 1. The first kappa shape index (κ1) is 20.0. The summed E-state index contributed by atoms with van der Waals surface area (Å²) < 4.78 is 37.2. The number of carbonyl (C=O) groups is 1. The number of fused-ring (bicyclic) bond motifs is 1. The van der Waals surface area contributed by atoms with Gasteiger partial charge in [-0.05, 0) is 24.6 Å². The quantitative estimate of drug-likeness (QED) is 0.738. The van der Waals surface area contributed by atoms with Gasteiger partial charge in [-0.2, -0.15) is 0 Å². The number of likely N-dealkylation sites (N-methyl/N-ethyl adjacent to an activating group) is 1. The van der Waals surface area contributed by atoms with E-state index in [9.17, 15) is 13.2 Å². The zero-order valence-corrected chi connectivity index (χ0v) is 17.0. The van der Waals surface area contributed by atoms with Gasteiger partial charge in [0.15, 0.2) is 11.5 Å². The van der Waals surface area contributed by atoms with Gasteiger partial charge in [-0.3, -0.25) is 9.10 Å². The Bertz CT molecular complexity index is 946. The van der Waals surface area contributed by atoms with Crippen LogP contribution in [0.3, 0.4) is 0 Å². The van der Waals surface area contributed by atoms with Gasteiger partial charge in [-0.25, -0.2) is 8.42 Å². The smallest absolute Gasteiger partial charge is 0.246 e. The van der Waals surface area contributed by atoms with Crippen molar-refractivity contribution in [1.29, 1.82) is 0 Å². The van der Waals surface area contributed by atoms with Crippen LogP contribution in [0.2, 0.25) is 0 Å². The molecule has 0 fully saturated rings. The standard InChI is InChI=1S/C20H24N2O5S/c1-15(20(23)21(2)14-16-7-5-4-6-8-16)22(28(3,24)25)17-9-10-18-19(13-17)27-12-11-26-18/h4-10,13,15H,11-12,14H2,1-3H3/t15-/m0/s1. The summed E-state index contributed by atoms with van der Waals surface area (Å²) in [7, 11) is -2.04. The molecule has 7 nitrogen and oxygen atoms in total. The number of hydrogen-bond acceptors (Lipinski definition) is 5. The molecule has 0 bridgehead atoms. The second-order valence-electron chi connectivity index (χ2n) is 6.74. The van der Waals surface area contributed by atoms with Crippen molar-refractivity contribution in [2.75, 3.05) is 30.8 Å². The van der Waals surface area contributed by atoms with E-state index in [0.29, 0.717) is 36.9 Å². The second-order valence-corrected chi connectivity index (χ2v) is 8.60. The molecule has 1 aliphatic rings. The lowest BCUT2D eigenvalue weighted by Gasteiger charge is -2.32. The number of hydrogen-bond donors (Lipinski definition) is 0. The largest absolute Gasteiger partial charge is 0.486 e. The molecular formula is C20H24N2O5S. The Morgan fingerprint density at radius 3 is 2.36 bits per heavy atom. The van der Waals surface area contributed by atoms with Gasteiger partial charge < -0.3 is 14.4 Å². The van der Waals surface area contributed by atoms with Crippen molar-refractivity contribution in [3.63, 3.8) is 0 Å². The molecule has 0 unspecified atom stereocenters. The van der Waals surface area contributed by atoms with E-state index >= 15 is 0 Å². The first-order valence-corrected chi connectivity index (χ1v) is 10.8. The molecule has 1 amide bonds. The predicted octanol–water partition coefficient (Wildman–Crippen LogP) is 2.27. The summed E-state index contributed by atoms with van der Waals surface area (Å²) in [5.74, 6) is 0.725. The van der Waals surface area contributed by atoms with Gasteiger partial charge in [0.25, 0.3) is 0 Å². The summed E-state index contributed by atoms with van der Waals surface area (Å²) in [5.41, 5.74) is 1.33. The fourth-order valence-electron chi connectivity index (χ4n) is 3.23. The molecule has 3 rings (SSSR count). The maximum Gasteiger partial charge on any atom is 0.246 e. The number of benzene rings is 2. The molecule has 0 N–H and O–H groups in total. The summed E-state index contributed by atoms with van der Waals surface area (Å²) in [6.45, 7) is 2.81. The van der Waals surface area contributed by atoms with Crippen LogP contribution in [-0.2, 0) is 21.4 Å². The third-order valence-electron chi connectivity index (χ3n) is 4.49. The van der Waals surface area contributed by atoms with Gasteiger partial charge >= 0.3 is 0 Å². The molecule has 0 saturated heterocycles. The summed E-state index contributed by atoms with van der Waals surface area (Å²) in [6, 6.07) is 13.5. The second kappa shape index (κ2) is 8.10. The van der Waals surface area contributed by atoms with Gasteiger partial charge in [0.2, 0.25) is 15.9 Å². The molecule has 0 saturated carbocycles. The third-order valence-corrected chi connectivity index (χ3v) is 5.73. The number of nitrogens with zero attached hydrogens (tertiary/aromatic N) is 2. The molecule has 1 heterocycles. The van der Waals surface area contributed by atoms with E-state index in [4.69, 9.17) is 9.47 Å². The van der Waals surface area contributed by atoms with Crippen LogP contribution in [0, 0.1) is 0 Å². The van der Waals surface area contributed by atoms with Crippen molar-refractivity contribution in [2.45, 2.75) is 19.5 Å². The fourth-order valence-corrected chi connectivity index (χ4v) is 4.39. The van der Waals surface area contributed by atoms with Crippen molar-refractivity contribution in [3.05, 3.63) is 54.1 Å². The van der Waals surface area contributed by atoms with Crippen molar-refractivity contribution >= 4 is 21.6 Å². The Kier molecular flexibility index (Phi) is 5.79. The Morgan fingerprint density at radius 1 is 1.07 bits per heavy atom. The van der Waals surface area contributed by atoms with E-state index < -0.39 is 16.1 Å². The molecule has 0 aromatic heterocycles. The van der Waals surface area contributed by atoms with E-state index in [2.05, 4.69) is 0 Å².